The Morgan fingerprint density at radius 2 is 1.17 bits per heavy atom. The van der Waals surface area contributed by atoms with Crippen molar-refractivity contribution in [2.24, 2.45) is 0 Å². The van der Waals surface area contributed by atoms with Gasteiger partial charge in [0.1, 0.15) is 24.4 Å². The van der Waals surface area contributed by atoms with E-state index in [-0.39, 0.29) is 12.6 Å². The van der Waals surface area contributed by atoms with Crippen LogP contribution in [0.4, 0.5) is 0 Å². The molecule has 0 amide bonds. The van der Waals surface area contributed by atoms with E-state index in [1.54, 1.807) is 0 Å². The Hall–Kier alpha value is -3.88. The quantitative estimate of drug-likeness (QED) is 0.0967. The molecule has 0 spiro atoms. The van der Waals surface area contributed by atoms with Crippen molar-refractivity contribution in [3.05, 3.63) is 102 Å². The molecule has 1 N–H and O–H groups in total. The molecule has 326 valence electrons. The van der Waals surface area contributed by atoms with E-state index >= 15 is 0 Å². The second-order valence-corrected chi connectivity index (χ2v) is 16.1. The SMILES string of the molecule is CCOCCOCCOc1ccc(CCC[C@@H](C(=O)O)N2CCN(Cc3ccccc3)CCN(Cc3ccccc3)CCN([C@H](COC(C)(C)C)C(=O)OC)CC2)cc1. The van der Waals surface area contributed by atoms with Gasteiger partial charge in [-0.15, -0.1) is 0 Å². The molecule has 0 aromatic heterocycles. The van der Waals surface area contributed by atoms with Gasteiger partial charge >= 0.3 is 11.9 Å². The number of rotatable bonds is 22. The highest BCUT2D eigenvalue weighted by Gasteiger charge is 2.32. The summed E-state index contributed by atoms with van der Waals surface area (Å²) in [5.74, 6) is -0.412. The number of carbonyl (C=O) groups excluding carboxylic acids is 1. The van der Waals surface area contributed by atoms with Crippen LogP contribution in [0, 0.1) is 0 Å². The fourth-order valence-corrected chi connectivity index (χ4v) is 7.23. The monoisotopic (exact) mass is 819 g/mol. The van der Waals surface area contributed by atoms with Gasteiger partial charge < -0.3 is 28.8 Å². The lowest BCUT2D eigenvalue weighted by molar-refractivity contribution is -0.153. The molecule has 2 atom stereocenters. The first kappa shape index (κ1) is 47.8. The molecule has 3 aromatic carbocycles. The molecule has 1 aliphatic rings. The van der Waals surface area contributed by atoms with Crippen LogP contribution in [0.25, 0.3) is 0 Å². The number of methoxy groups -OCH3 is 1. The number of benzene rings is 3. The van der Waals surface area contributed by atoms with Crippen molar-refractivity contribution < 1.29 is 38.4 Å². The van der Waals surface area contributed by atoms with Gasteiger partial charge in [-0.25, -0.2) is 0 Å². The fourth-order valence-electron chi connectivity index (χ4n) is 7.23. The van der Waals surface area contributed by atoms with Crippen molar-refractivity contribution in [3.8, 4) is 5.75 Å². The van der Waals surface area contributed by atoms with E-state index in [1.807, 2.05) is 64.1 Å². The zero-order valence-corrected chi connectivity index (χ0v) is 36.3. The normalized spacial score (nSPS) is 16.8. The molecule has 3 aromatic rings. The predicted octanol–water partition coefficient (Wildman–Crippen LogP) is 5.87. The molecular formula is C47H70N4O8. The van der Waals surface area contributed by atoms with Crippen molar-refractivity contribution in [2.45, 2.75) is 77.7 Å². The van der Waals surface area contributed by atoms with Crippen molar-refractivity contribution in [2.75, 3.05) is 99.1 Å². The zero-order valence-electron chi connectivity index (χ0n) is 36.3. The van der Waals surface area contributed by atoms with E-state index in [9.17, 15) is 14.7 Å². The van der Waals surface area contributed by atoms with Crippen LogP contribution in [0.15, 0.2) is 84.9 Å². The highest BCUT2D eigenvalue weighted by molar-refractivity contribution is 5.76. The summed E-state index contributed by atoms with van der Waals surface area (Å²) in [6.45, 7) is 17.5. The molecular weight excluding hydrogens is 749 g/mol. The number of hydrogen-bond acceptors (Lipinski definition) is 11. The Labute approximate surface area is 353 Å². The first-order valence-corrected chi connectivity index (χ1v) is 21.4. The lowest BCUT2D eigenvalue weighted by atomic mass is 10.0. The Bertz CT molecular complexity index is 1590. The van der Waals surface area contributed by atoms with Gasteiger partial charge in [0.05, 0.1) is 39.1 Å². The first-order chi connectivity index (χ1) is 28.5. The highest BCUT2D eigenvalue weighted by Crippen LogP contribution is 2.19. The maximum absolute atomic E-state index is 13.4. The average Bonchev–Trinajstić information content (AvgIpc) is 3.22. The molecule has 4 rings (SSSR count). The summed E-state index contributed by atoms with van der Waals surface area (Å²) in [6.07, 6.45) is 1.94. The van der Waals surface area contributed by atoms with Crippen molar-refractivity contribution in [1.82, 2.24) is 19.6 Å². The summed E-state index contributed by atoms with van der Waals surface area (Å²) in [6, 6.07) is 27.6. The van der Waals surface area contributed by atoms with Gasteiger partial charge in [0, 0.05) is 72.1 Å². The lowest BCUT2D eigenvalue weighted by Crippen LogP contribution is -2.54. The van der Waals surface area contributed by atoms with Crippen molar-refractivity contribution in [3.63, 3.8) is 0 Å². The maximum atomic E-state index is 13.4. The topological polar surface area (TPSA) is 113 Å². The van der Waals surface area contributed by atoms with Gasteiger partial charge in [0.2, 0.25) is 0 Å². The van der Waals surface area contributed by atoms with E-state index in [1.165, 1.54) is 18.2 Å². The van der Waals surface area contributed by atoms with Gasteiger partial charge in [-0.1, -0.05) is 72.8 Å². The maximum Gasteiger partial charge on any atom is 0.325 e. The second kappa shape index (κ2) is 26.4. The van der Waals surface area contributed by atoms with Crippen LogP contribution in [0.1, 0.15) is 57.2 Å². The number of ether oxygens (including phenoxy) is 5. The minimum Gasteiger partial charge on any atom is -0.491 e. The summed E-state index contributed by atoms with van der Waals surface area (Å²) < 4.78 is 28.2. The average molecular weight is 819 g/mol. The third kappa shape index (κ3) is 18.5. The fraction of sp³-hybridized carbons (Fsp3) is 0.574. The van der Waals surface area contributed by atoms with Crippen LogP contribution < -0.4 is 4.74 Å². The van der Waals surface area contributed by atoms with Crippen LogP contribution in [-0.4, -0.2) is 153 Å². The Balaban J connectivity index is 1.51. The molecule has 0 unspecified atom stereocenters. The van der Waals surface area contributed by atoms with E-state index in [2.05, 4.69) is 68.1 Å². The summed E-state index contributed by atoms with van der Waals surface area (Å²) >= 11 is 0. The number of aryl methyl sites for hydroxylation is 1. The minimum atomic E-state index is -0.833. The van der Waals surface area contributed by atoms with Crippen LogP contribution in [-0.2, 0) is 48.0 Å². The number of carboxylic acid groups (broad SMARTS) is 1. The molecule has 0 bridgehead atoms. The molecule has 0 radical (unpaired) electrons. The second-order valence-electron chi connectivity index (χ2n) is 16.1. The molecule has 12 heteroatoms. The highest BCUT2D eigenvalue weighted by atomic mass is 16.5. The number of aliphatic carboxylic acids is 1. The van der Waals surface area contributed by atoms with Crippen molar-refractivity contribution in [1.29, 1.82) is 0 Å². The molecule has 59 heavy (non-hydrogen) atoms. The number of carbonyl (C=O) groups is 2. The number of hydrogen-bond donors (Lipinski definition) is 1. The van der Waals surface area contributed by atoms with E-state index in [4.69, 9.17) is 23.7 Å². The number of esters is 1. The van der Waals surface area contributed by atoms with Gasteiger partial charge in [-0.05, 0) is 75.8 Å². The van der Waals surface area contributed by atoms with Crippen LogP contribution in [0.5, 0.6) is 5.75 Å². The third-order valence-electron chi connectivity index (χ3n) is 10.6. The van der Waals surface area contributed by atoms with Gasteiger partial charge in [-0.3, -0.25) is 29.2 Å². The van der Waals surface area contributed by atoms with Gasteiger partial charge in [0.15, 0.2) is 0 Å². The molecule has 1 saturated heterocycles. The largest absolute Gasteiger partial charge is 0.491 e. The molecule has 1 aliphatic heterocycles. The number of nitrogens with zero attached hydrogens (tertiary/aromatic N) is 4. The van der Waals surface area contributed by atoms with E-state index in [0.717, 1.165) is 43.9 Å². The Kier molecular flexibility index (Phi) is 21.4. The van der Waals surface area contributed by atoms with E-state index in [0.29, 0.717) is 85.1 Å². The first-order valence-electron chi connectivity index (χ1n) is 21.4. The molecule has 1 heterocycles. The van der Waals surface area contributed by atoms with Crippen LogP contribution in [0.3, 0.4) is 0 Å². The summed E-state index contributed by atoms with van der Waals surface area (Å²) in [5.41, 5.74) is 3.13. The zero-order chi connectivity index (χ0) is 42.3. The molecule has 1 fully saturated rings. The number of carboxylic acids is 1. The predicted molar refractivity (Wildman–Crippen MR) is 232 cm³/mol. The Morgan fingerprint density at radius 1 is 0.661 bits per heavy atom. The molecule has 12 nitrogen and oxygen atoms in total. The van der Waals surface area contributed by atoms with Crippen LogP contribution in [0.2, 0.25) is 0 Å². The van der Waals surface area contributed by atoms with Gasteiger partial charge in [-0.2, -0.15) is 0 Å². The van der Waals surface area contributed by atoms with Crippen LogP contribution >= 0.6 is 0 Å². The summed E-state index contributed by atoms with van der Waals surface area (Å²) in [7, 11) is 1.42. The van der Waals surface area contributed by atoms with Gasteiger partial charge in [0.25, 0.3) is 0 Å². The Morgan fingerprint density at radius 3 is 1.69 bits per heavy atom. The lowest BCUT2D eigenvalue weighted by Gasteiger charge is -2.38. The van der Waals surface area contributed by atoms with Crippen molar-refractivity contribution >= 4 is 11.9 Å². The third-order valence-corrected chi connectivity index (χ3v) is 10.6. The summed E-state index contributed by atoms with van der Waals surface area (Å²) in [4.78, 5) is 35.7. The van der Waals surface area contributed by atoms with E-state index < -0.39 is 23.7 Å². The smallest absolute Gasteiger partial charge is 0.325 e. The molecule has 0 saturated carbocycles. The molecule has 0 aliphatic carbocycles. The summed E-state index contributed by atoms with van der Waals surface area (Å²) in [5, 5.41) is 10.8. The standard InChI is InChI=1S/C47H70N4O8/c1-6-56-32-33-57-34-35-58-42-22-20-39(21-23-42)18-13-19-43(45(52)53)50-28-26-48(36-40-14-9-7-10-15-40)24-25-49(37-41-16-11-8-12-17-41)27-29-51(31-30-50)44(46(54)55-5)38-59-47(2,3)4/h7-12,14-17,20-23,43-44H,6,13,18-19,24-38H2,1-5H3,(H,52,53)/t43-,44+/m0/s1. The minimum absolute atomic E-state index is 0.175.